The van der Waals surface area contributed by atoms with Crippen LogP contribution in [0.15, 0.2) is 18.2 Å². The second-order valence-electron chi connectivity index (χ2n) is 5.42. The van der Waals surface area contributed by atoms with Crippen LogP contribution >= 0.6 is 11.6 Å². The first-order chi connectivity index (χ1) is 10.1. The first-order valence-electron chi connectivity index (χ1n) is 7.41. The molecule has 4 nitrogen and oxygen atoms in total. The Morgan fingerprint density at radius 2 is 2.05 bits per heavy atom. The van der Waals surface area contributed by atoms with Crippen LogP contribution in [-0.2, 0) is 6.54 Å². The maximum atomic E-state index is 12.9. The number of fused-ring (bicyclic) bond motifs is 1. The summed E-state index contributed by atoms with van der Waals surface area (Å²) in [6.07, 6.45) is 0. The lowest BCUT2D eigenvalue weighted by molar-refractivity contribution is 0.0725. The number of rotatable bonds is 2. The van der Waals surface area contributed by atoms with Crippen LogP contribution in [0.2, 0.25) is 5.02 Å². The SMILES string of the molecule is CCn1c(C(=O)N2CCNCC2)c(C)c2cc(Cl)ccc21. The Balaban J connectivity index is 2.12. The normalized spacial score (nSPS) is 15.7. The van der Waals surface area contributed by atoms with Crippen molar-refractivity contribution >= 4 is 28.4 Å². The molecule has 2 aromatic rings. The third-order valence-corrected chi connectivity index (χ3v) is 4.44. The largest absolute Gasteiger partial charge is 0.337 e. The molecule has 0 unspecified atom stereocenters. The van der Waals surface area contributed by atoms with Crippen molar-refractivity contribution in [2.75, 3.05) is 26.2 Å². The summed E-state index contributed by atoms with van der Waals surface area (Å²) in [6.45, 7) is 8.13. The fraction of sp³-hybridized carbons (Fsp3) is 0.438. The Morgan fingerprint density at radius 3 is 2.71 bits per heavy atom. The van der Waals surface area contributed by atoms with Crippen molar-refractivity contribution in [1.29, 1.82) is 0 Å². The Kier molecular flexibility index (Phi) is 3.91. The van der Waals surface area contributed by atoms with Gasteiger partial charge in [-0.05, 0) is 37.6 Å². The van der Waals surface area contributed by atoms with Crippen LogP contribution in [0.1, 0.15) is 23.0 Å². The number of benzene rings is 1. The highest BCUT2D eigenvalue weighted by atomic mass is 35.5. The molecule has 21 heavy (non-hydrogen) atoms. The van der Waals surface area contributed by atoms with E-state index in [9.17, 15) is 4.79 Å². The standard InChI is InChI=1S/C16H20ClN3O/c1-3-20-14-5-4-12(17)10-13(14)11(2)15(20)16(21)19-8-6-18-7-9-19/h4-5,10,18H,3,6-9H2,1-2H3. The number of aromatic nitrogens is 1. The highest BCUT2D eigenvalue weighted by Crippen LogP contribution is 2.29. The highest BCUT2D eigenvalue weighted by molar-refractivity contribution is 6.31. The molecule has 1 saturated heterocycles. The summed E-state index contributed by atoms with van der Waals surface area (Å²) in [5.74, 6) is 0.128. The maximum Gasteiger partial charge on any atom is 0.270 e. The fourth-order valence-electron chi connectivity index (χ4n) is 3.12. The molecule has 1 aromatic carbocycles. The summed E-state index contributed by atoms with van der Waals surface area (Å²) in [5, 5.41) is 5.06. The number of hydrogen-bond donors (Lipinski definition) is 1. The number of carbonyl (C=O) groups excluding carboxylic acids is 1. The molecule has 1 aliphatic heterocycles. The smallest absolute Gasteiger partial charge is 0.270 e. The van der Waals surface area contributed by atoms with Gasteiger partial charge in [0.2, 0.25) is 0 Å². The molecule has 1 aromatic heterocycles. The van der Waals surface area contributed by atoms with Gasteiger partial charge in [0, 0.05) is 48.6 Å². The Morgan fingerprint density at radius 1 is 1.33 bits per heavy atom. The first kappa shape index (κ1) is 14.4. The van der Waals surface area contributed by atoms with Gasteiger partial charge in [0.25, 0.3) is 5.91 Å². The van der Waals surface area contributed by atoms with E-state index in [-0.39, 0.29) is 5.91 Å². The van der Waals surface area contributed by atoms with Crippen LogP contribution in [0.5, 0.6) is 0 Å². The minimum atomic E-state index is 0.128. The van der Waals surface area contributed by atoms with E-state index in [1.807, 2.05) is 30.0 Å². The molecule has 1 aliphatic rings. The monoisotopic (exact) mass is 305 g/mol. The minimum absolute atomic E-state index is 0.128. The van der Waals surface area contributed by atoms with Crippen molar-refractivity contribution in [2.45, 2.75) is 20.4 Å². The predicted octanol–water partition coefficient (Wildman–Crippen LogP) is 2.67. The first-order valence-corrected chi connectivity index (χ1v) is 7.79. The average Bonchev–Trinajstić information content (AvgIpc) is 2.79. The molecular weight excluding hydrogens is 286 g/mol. The molecule has 1 N–H and O–H groups in total. The van der Waals surface area contributed by atoms with Crippen molar-refractivity contribution in [2.24, 2.45) is 0 Å². The number of aryl methyl sites for hydroxylation is 2. The highest BCUT2D eigenvalue weighted by Gasteiger charge is 2.25. The van der Waals surface area contributed by atoms with Gasteiger partial charge in [0.15, 0.2) is 0 Å². The van der Waals surface area contributed by atoms with E-state index in [2.05, 4.69) is 16.8 Å². The second kappa shape index (κ2) is 5.70. The molecule has 0 aliphatic carbocycles. The number of nitrogens with one attached hydrogen (secondary N) is 1. The lowest BCUT2D eigenvalue weighted by Gasteiger charge is -2.28. The summed E-state index contributed by atoms with van der Waals surface area (Å²) >= 11 is 6.11. The van der Waals surface area contributed by atoms with Crippen molar-refractivity contribution in [1.82, 2.24) is 14.8 Å². The Hall–Kier alpha value is -1.52. The van der Waals surface area contributed by atoms with Crippen LogP contribution in [0.25, 0.3) is 10.9 Å². The zero-order valence-corrected chi connectivity index (χ0v) is 13.2. The number of hydrogen-bond acceptors (Lipinski definition) is 2. The van der Waals surface area contributed by atoms with Crippen molar-refractivity contribution in [3.63, 3.8) is 0 Å². The third kappa shape index (κ3) is 2.43. The molecule has 0 saturated carbocycles. The van der Waals surface area contributed by atoms with E-state index in [1.54, 1.807) is 0 Å². The average molecular weight is 306 g/mol. The summed E-state index contributed by atoms with van der Waals surface area (Å²) in [4.78, 5) is 14.8. The molecule has 0 bridgehead atoms. The van der Waals surface area contributed by atoms with Gasteiger partial charge in [-0.3, -0.25) is 4.79 Å². The lowest BCUT2D eigenvalue weighted by atomic mass is 10.1. The van der Waals surface area contributed by atoms with Crippen LogP contribution in [0.4, 0.5) is 0 Å². The van der Waals surface area contributed by atoms with Gasteiger partial charge in [0.1, 0.15) is 5.69 Å². The third-order valence-electron chi connectivity index (χ3n) is 4.20. The molecule has 0 spiro atoms. The minimum Gasteiger partial charge on any atom is -0.337 e. The number of carbonyl (C=O) groups is 1. The number of halogens is 1. The van der Waals surface area contributed by atoms with E-state index >= 15 is 0 Å². The van der Waals surface area contributed by atoms with E-state index in [4.69, 9.17) is 11.6 Å². The number of nitrogens with zero attached hydrogens (tertiary/aromatic N) is 2. The molecule has 1 fully saturated rings. The van der Waals surface area contributed by atoms with Gasteiger partial charge in [-0.2, -0.15) is 0 Å². The summed E-state index contributed by atoms with van der Waals surface area (Å²) in [5.41, 5.74) is 2.91. The van der Waals surface area contributed by atoms with Gasteiger partial charge in [0.05, 0.1) is 0 Å². The van der Waals surface area contributed by atoms with Crippen molar-refractivity contribution in [3.05, 3.63) is 34.5 Å². The van der Waals surface area contributed by atoms with Crippen LogP contribution in [-0.4, -0.2) is 41.6 Å². The van der Waals surface area contributed by atoms with Gasteiger partial charge in [-0.25, -0.2) is 0 Å². The van der Waals surface area contributed by atoms with E-state index in [0.717, 1.165) is 54.9 Å². The van der Waals surface area contributed by atoms with Gasteiger partial charge in [-0.1, -0.05) is 11.6 Å². The second-order valence-corrected chi connectivity index (χ2v) is 5.86. The molecule has 2 heterocycles. The quantitative estimate of drug-likeness (QED) is 0.926. The van der Waals surface area contributed by atoms with Crippen LogP contribution in [0.3, 0.4) is 0 Å². The molecule has 5 heteroatoms. The van der Waals surface area contributed by atoms with Gasteiger partial charge < -0.3 is 14.8 Å². The lowest BCUT2D eigenvalue weighted by Crippen LogP contribution is -2.47. The molecule has 0 radical (unpaired) electrons. The summed E-state index contributed by atoms with van der Waals surface area (Å²) in [6, 6.07) is 5.84. The van der Waals surface area contributed by atoms with Crippen LogP contribution in [0, 0.1) is 6.92 Å². The summed E-state index contributed by atoms with van der Waals surface area (Å²) < 4.78 is 2.10. The van der Waals surface area contributed by atoms with E-state index < -0.39 is 0 Å². The molecule has 0 atom stereocenters. The Bertz CT molecular complexity index is 686. The number of amides is 1. The van der Waals surface area contributed by atoms with Crippen LogP contribution < -0.4 is 5.32 Å². The number of piperazine rings is 1. The molecule has 112 valence electrons. The van der Waals surface area contributed by atoms with E-state index in [0.29, 0.717) is 5.02 Å². The predicted molar refractivity (Wildman–Crippen MR) is 86.1 cm³/mol. The van der Waals surface area contributed by atoms with Crippen molar-refractivity contribution in [3.8, 4) is 0 Å². The molecule has 3 rings (SSSR count). The Labute approximate surface area is 129 Å². The molecular formula is C16H20ClN3O. The van der Waals surface area contributed by atoms with Gasteiger partial charge >= 0.3 is 0 Å². The fourth-order valence-corrected chi connectivity index (χ4v) is 3.29. The maximum absolute atomic E-state index is 12.9. The van der Waals surface area contributed by atoms with Crippen molar-refractivity contribution < 1.29 is 4.79 Å². The zero-order valence-electron chi connectivity index (χ0n) is 12.4. The topological polar surface area (TPSA) is 37.3 Å². The zero-order chi connectivity index (χ0) is 15.0. The molecule has 1 amide bonds. The van der Waals surface area contributed by atoms with Gasteiger partial charge in [-0.15, -0.1) is 0 Å². The summed E-state index contributed by atoms with van der Waals surface area (Å²) in [7, 11) is 0. The van der Waals surface area contributed by atoms with E-state index in [1.165, 1.54) is 0 Å².